The Morgan fingerprint density at radius 1 is 1.06 bits per heavy atom. The first-order valence-electron chi connectivity index (χ1n) is 6.14. The number of hydrogen-bond donors (Lipinski definition) is 0. The normalized spacial score (nSPS) is 12.1. The van der Waals surface area contributed by atoms with Gasteiger partial charge >= 0.3 is 0 Å². The summed E-state index contributed by atoms with van der Waals surface area (Å²) in [6, 6.07) is 18.6. The zero-order valence-electron chi connectivity index (χ0n) is 10.7. The van der Waals surface area contributed by atoms with Gasteiger partial charge in [0, 0.05) is 0 Å². The Kier molecular flexibility index (Phi) is 4.32. The van der Waals surface area contributed by atoms with Gasteiger partial charge in [0.2, 0.25) is 0 Å². The second-order valence-electron chi connectivity index (χ2n) is 4.36. The van der Waals surface area contributed by atoms with Gasteiger partial charge in [0.15, 0.2) is 0 Å². The van der Waals surface area contributed by atoms with Crippen LogP contribution in [-0.2, 0) is 11.3 Å². The molecule has 0 saturated heterocycles. The van der Waals surface area contributed by atoms with E-state index in [4.69, 9.17) is 4.74 Å². The molecule has 0 aromatic heterocycles. The Morgan fingerprint density at radius 2 is 1.72 bits per heavy atom. The van der Waals surface area contributed by atoms with Crippen LogP contribution in [0.3, 0.4) is 0 Å². The minimum atomic E-state index is -0.0502. The lowest BCUT2D eigenvalue weighted by molar-refractivity contribution is 0.0720. The first-order valence-corrected chi connectivity index (χ1v) is 6.14. The van der Waals surface area contributed by atoms with Crippen molar-refractivity contribution in [1.82, 2.24) is 0 Å². The second-order valence-corrected chi connectivity index (χ2v) is 4.36. The molecule has 0 spiro atoms. The summed E-state index contributed by atoms with van der Waals surface area (Å²) in [5.74, 6) is 0. The molecule has 2 aromatic carbocycles. The maximum absolute atomic E-state index is 5.89. The second kappa shape index (κ2) is 6.18. The van der Waals surface area contributed by atoms with Crippen molar-refractivity contribution in [3.63, 3.8) is 0 Å². The topological polar surface area (TPSA) is 9.23 Å². The highest BCUT2D eigenvalue weighted by molar-refractivity contribution is 5.25. The lowest BCUT2D eigenvalue weighted by Crippen LogP contribution is -2.01. The number of ether oxygens (including phenoxy) is 1. The Labute approximate surface area is 109 Å². The summed E-state index contributed by atoms with van der Waals surface area (Å²) in [6.07, 6.45) is 1.79. The summed E-state index contributed by atoms with van der Waals surface area (Å²) in [4.78, 5) is 0. The number of benzene rings is 2. The zero-order valence-corrected chi connectivity index (χ0v) is 10.7. The third kappa shape index (κ3) is 3.31. The van der Waals surface area contributed by atoms with E-state index in [2.05, 4.69) is 49.9 Å². The van der Waals surface area contributed by atoms with Gasteiger partial charge < -0.3 is 4.74 Å². The highest BCUT2D eigenvalue weighted by Crippen LogP contribution is 2.20. The Hall–Kier alpha value is -1.86. The van der Waals surface area contributed by atoms with Crippen LogP contribution in [0.15, 0.2) is 67.3 Å². The summed E-state index contributed by atoms with van der Waals surface area (Å²) in [5, 5.41) is 0. The maximum Gasteiger partial charge on any atom is 0.101 e. The quantitative estimate of drug-likeness (QED) is 0.700. The van der Waals surface area contributed by atoms with Crippen LogP contribution in [0.5, 0.6) is 0 Å². The van der Waals surface area contributed by atoms with E-state index < -0.39 is 0 Å². The van der Waals surface area contributed by atoms with Crippen molar-refractivity contribution < 1.29 is 4.74 Å². The first-order chi connectivity index (χ1) is 8.79. The number of rotatable bonds is 5. The molecule has 0 heterocycles. The van der Waals surface area contributed by atoms with Gasteiger partial charge in [-0.05, 0) is 18.1 Å². The highest BCUT2D eigenvalue weighted by Gasteiger charge is 2.07. The fourth-order valence-electron chi connectivity index (χ4n) is 1.82. The third-order valence-electron chi connectivity index (χ3n) is 2.89. The molecule has 1 atom stereocenters. The van der Waals surface area contributed by atoms with Crippen molar-refractivity contribution in [3.8, 4) is 0 Å². The van der Waals surface area contributed by atoms with Crippen molar-refractivity contribution in [2.75, 3.05) is 0 Å². The van der Waals surface area contributed by atoms with Gasteiger partial charge in [0.1, 0.15) is 6.10 Å². The Bertz CT molecular complexity index is 485. The van der Waals surface area contributed by atoms with E-state index in [1.165, 1.54) is 11.1 Å². The molecule has 0 aliphatic rings. The predicted molar refractivity (Wildman–Crippen MR) is 75.3 cm³/mol. The molecule has 0 bridgehead atoms. The SMILES string of the molecule is C=C[C@H](OCc1ccccc1)c1ccc(C)cc1. The largest absolute Gasteiger partial charge is 0.365 e. The van der Waals surface area contributed by atoms with Gasteiger partial charge in [0.05, 0.1) is 6.61 Å². The van der Waals surface area contributed by atoms with E-state index in [9.17, 15) is 0 Å². The molecule has 92 valence electrons. The van der Waals surface area contributed by atoms with E-state index in [1.54, 1.807) is 0 Å². The van der Waals surface area contributed by atoms with Gasteiger partial charge in [-0.15, -0.1) is 6.58 Å². The van der Waals surface area contributed by atoms with Crippen molar-refractivity contribution in [1.29, 1.82) is 0 Å². The summed E-state index contributed by atoms with van der Waals surface area (Å²) < 4.78 is 5.89. The number of aryl methyl sites for hydroxylation is 1. The van der Waals surface area contributed by atoms with Crippen molar-refractivity contribution >= 4 is 0 Å². The van der Waals surface area contributed by atoms with E-state index in [0.29, 0.717) is 6.61 Å². The van der Waals surface area contributed by atoms with Crippen LogP contribution >= 0.6 is 0 Å². The van der Waals surface area contributed by atoms with Gasteiger partial charge in [-0.25, -0.2) is 0 Å². The van der Waals surface area contributed by atoms with Crippen LogP contribution in [-0.4, -0.2) is 0 Å². The smallest absolute Gasteiger partial charge is 0.101 e. The van der Waals surface area contributed by atoms with E-state index >= 15 is 0 Å². The molecule has 0 N–H and O–H groups in total. The van der Waals surface area contributed by atoms with Gasteiger partial charge in [-0.1, -0.05) is 66.2 Å². The molecule has 0 unspecified atom stereocenters. The first kappa shape index (κ1) is 12.6. The fraction of sp³-hybridized carbons (Fsp3) is 0.176. The molecule has 1 heteroatoms. The van der Waals surface area contributed by atoms with Crippen LogP contribution in [0, 0.1) is 6.92 Å². The molecular weight excluding hydrogens is 220 g/mol. The van der Waals surface area contributed by atoms with Crippen molar-refractivity contribution in [3.05, 3.63) is 83.9 Å². The lowest BCUT2D eigenvalue weighted by atomic mass is 10.1. The standard InChI is InChI=1S/C17H18O/c1-3-17(16-11-9-14(2)10-12-16)18-13-15-7-5-4-6-8-15/h3-12,17H,1,13H2,2H3/t17-/m0/s1. The van der Waals surface area contributed by atoms with Crippen LogP contribution < -0.4 is 0 Å². The maximum atomic E-state index is 5.89. The molecule has 0 fully saturated rings. The van der Waals surface area contributed by atoms with Crippen LogP contribution in [0.4, 0.5) is 0 Å². The van der Waals surface area contributed by atoms with Crippen molar-refractivity contribution in [2.45, 2.75) is 19.6 Å². The molecule has 18 heavy (non-hydrogen) atoms. The third-order valence-corrected chi connectivity index (χ3v) is 2.89. The fourth-order valence-corrected chi connectivity index (χ4v) is 1.82. The summed E-state index contributed by atoms with van der Waals surface area (Å²) in [6.45, 7) is 6.53. The molecular formula is C17H18O. The minimum absolute atomic E-state index is 0.0502. The summed E-state index contributed by atoms with van der Waals surface area (Å²) in [7, 11) is 0. The minimum Gasteiger partial charge on any atom is -0.365 e. The van der Waals surface area contributed by atoms with E-state index in [1.807, 2.05) is 24.3 Å². The van der Waals surface area contributed by atoms with Crippen molar-refractivity contribution in [2.24, 2.45) is 0 Å². The number of hydrogen-bond acceptors (Lipinski definition) is 1. The molecule has 2 aromatic rings. The van der Waals surface area contributed by atoms with Gasteiger partial charge in [-0.2, -0.15) is 0 Å². The average Bonchev–Trinajstić information content (AvgIpc) is 2.42. The van der Waals surface area contributed by atoms with Crippen LogP contribution in [0.2, 0.25) is 0 Å². The van der Waals surface area contributed by atoms with Crippen LogP contribution in [0.1, 0.15) is 22.8 Å². The predicted octanol–water partition coefficient (Wildman–Crippen LogP) is 4.44. The summed E-state index contributed by atoms with van der Waals surface area (Å²) >= 11 is 0. The van der Waals surface area contributed by atoms with Crippen LogP contribution in [0.25, 0.3) is 0 Å². The zero-order chi connectivity index (χ0) is 12.8. The summed E-state index contributed by atoms with van der Waals surface area (Å²) in [5.41, 5.74) is 3.58. The molecule has 0 radical (unpaired) electrons. The molecule has 0 aliphatic heterocycles. The average molecular weight is 238 g/mol. The monoisotopic (exact) mass is 238 g/mol. The molecule has 2 rings (SSSR count). The molecule has 0 amide bonds. The van der Waals surface area contributed by atoms with E-state index in [0.717, 1.165) is 5.56 Å². The van der Waals surface area contributed by atoms with E-state index in [-0.39, 0.29) is 6.10 Å². The van der Waals surface area contributed by atoms with Gasteiger partial charge in [0.25, 0.3) is 0 Å². The molecule has 1 nitrogen and oxygen atoms in total. The molecule has 0 aliphatic carbocycles. The molecule has 0 saturated carbocycles. The lowest BCUT2D eigenvalue weighted by Gasteiger charge is -2.14. The Morgan fingerprint density at radius 3 is 2.33 bits per heavy atom. The van der Waals surface area contributed by atoms with Gasteiger partial charge in [-0.3, -0.25) is 0 Å². The Balaban J connectivity index is 2.02. The highest BCUT2D eigenvalue weighted by atomic mass is 16.5.